The SMILES string of the molecule is CCCCN(Cc1ccco1)C(=O)[C@@H]1CCCN(c2ncnc3c2nc2n3CCCCC2)C1. The van der Waals surface area contributed by atoms with Crippen LogP contribution < -0.4 is 4.90 Å². The van der Waals surface area contributed by atoms with E-state index in [1.807, 2.05) is 17.0 Å². The highest BCUT2D eigenvalue weighted by Gasteiger charge is 2.31. The molecular weight excluding hydrogens is 416 g/mol. The minimum Gasteiger partial charge on any atom is -0.467 e. The van der Waals surface area contributed by atoms with Gasteiger partial charge in [-0.05, 0) is 44.2 Å². The molecule has 0 bridgehead atoms. The maximum absolute atomic E-state index is 13.6. The number of aromatic nitrogens is 4. The van der Waals surface area contributed by atoms with Gasteiger partial charge in [-0.3, -0.25) is 4.79 Å². The molecule has 5 rings (SSSR count). The third-order valence-corrected chi connectivity index (χ3v) is 6.96. The number of carbonyl (C=O) groups excluding carboxylic acids is 1. The molecule has 3 aromatic heterocycles. The summed E-state index contributed by atoms with van der Waals surface area (Å²) in [6, 6.07) is 3.83. The minimum atomic E-state index is -0.0453. The lowest BCUT2D eigenvalue weighted by molar-refractivity contribution is -0.136. The summed E-state index contributed by atoms with van der Waals surface area (Å²) in [6.07, 6.45) is 11.8. The van der Waals surface area contributed by atoms with Crippen molar-refractivity contribution in [2.24, 2.45) is 5.92 Å². The first-order valence-electron chi connectivity index (χ1n) is 12.5. The molecule has 8 nitrogen and oxygen atoms in total. The lowest BCUT2D eigenvalue weighted by Gasteiger charge is -2.35. The zero-order valence-electron chi connectivity index (χ0n) is 19.6. The number of unbranched alkanes of at least 4 members (excludes halogenated alkanes) is 1. The van der Waals surface area contributed by atoms with Gasteiger partial charge in [0.05, 0.1) is 18.7 Å². The van der Waals surface area contributed by atoms with Crippen molar-refractivity contribution in [1.82, 2.24) is 24.4 Å². The van der Waals surface area contributed by atoms with Crippen molar-refractivity contribution in [3.8, 4) is 0 Å². The number of imidazole rings is 1. The number of aryl methyl sites for hydroxylation is 2. The molecule has 1 atom stereocenters. The van der Waals surface area contributed by atoms with Crippen molar-refractivity contribution < 1.29 is 9.21 Å². The molecule has 0 N–H and O–H groups in total. The van der Waals surface area contributed by atoms with Gasteiger partial charge in [-0.15, -0.1) is 0 Å². The van der Waals surface area contributed by atoms with Gasteiger partial charge in [0.25, 0.3) is 0 Å². The Hall–Kier alpha value is -2.90. The number of hydrogen-bond acceptors (Lipinski definition) is 6. The van der Waals surface area contributed by atoms with Crippen LogP contribution in [0.3, 0.4) is 0 Å². The van der Waals surface area contributed by atoms with Crippen molar-refractivity contribution in [2.45, 2.75) is 71.4 Å². The van der Waals surface area contributed by atoms with Gasteiger partial charge in [-0.2, -0.15) is 0 Å². The lowest BCUT2D eigenvalue weighted by Crippen LogP contribution is -2.45. The van der Waals surface area contributed by atoms with Gasteiger partial charge in [-0.1, -0.05) is 19.8 Å². The van der Waals surface area contributed by atoms with E-state index in [4.69, 9.17) is 9.40 Å². The zero-order valence-corrected chi connectivity index (χ0v) is 19.6. The predicted octanol–water partition coefficient (Wildman–Crippen LogP) is 4.19. The van der Waals surface area contributed by atoms with Crippen LogP contribution in [0.2, 0.25) is 0 Å². The van der Waals surface area contributed by atoms with Crippen LogP contribution in [-0.2, 0) is 24.3 Å². The summed E-state index contributed by atoms with van der Waals surface area (Å²) in [7, 11) is 0. The maximum atomic E-state index is 13.6. The fourth-order valence-corrected chi connectivity index (χ4v) is 5.19. The number of piperidine rings is 1. The van der Waals surface area contributed by atoms with E-state index in [1.165, 1.54) is 19.3 Å². The molecule has 2 aliphatic heterocycles. The van der Waals surface area contributed by atoms with E-state index < -0.39 is 0 Å². The highest BCUT2D eigenvalue weighted by molar-refractivity contribution is 5.85. The first-order chi connectivity index (χ1) is 16.2. The van der Waals surface area contributed by atoms with Gasteiger partial charge in [0.1, 0.15) is 17.9 Å². The van der Waals surface area contributed by atoms with Crippen molar-refractivity contribution in [3.63, 3.8) is 0 Å². The molecule has 1 saturated heterocycles. The van der Waals surface area contributed by atoms with Crippen LogP contribution in [-0.4, -0.2) is 50.0 Å². The van der Waals surface area contributed by atoms with Crippen LogP contribution in [0.1, 0.15) is 63.5 Å². The zero-order chi connectivity index (χ0) is 22.6. The van der Waals surface area contributed by atoms with Crippen molar-refractivity contribution in [3.05, 3.63) is 36.3 Å². The van der Waals surface area contributed by atoms with E-state index in [-0.39, 0.29) is 11.8 Å². The smallest absolute Gasteiger partial charge is 0.227 e. The van der Waals surface area contributed by atoms with E-state index in [1.54, 1.807) is 12.6 Å². The van der Waals surface area contributed by atoms with Crippen molar-refractivity contribution in [2.75, 3.05) is 24.5 Å². The summed E-state index contributed by atoms with van der Waals surface area (Å²) >= 11 is 0. The summed E-state index contributed by atoms with van der Waals surface area (Å²) < 4.78 is 7.81. The summed E-state index contributed by atoms with van der Waals surface area (Å²) in [5, 5.41) is 0. The topological polar surface area (TPSA) is 80.3 Å². The van der Waals surface area contributed by atoms with Crippen LogP contribution in [0.25, 0.3) is 11.2 Å². The molecule has 1 fully saturated rings. The standard InChI is InChI=1S/C25H34N6O2/c1-2-3-12-30(17-20-10-8-15-33-20)25(32)19-9-7-13-29(16-19)23-22-24(27-18-26-23)31-14-6-4-5-11-21(31)28-22/h8,10,15,18-19H,2-7,9,11-14,16-17H2,1H3/t19-/m1/s1. The Kier molecular flexibility index (Phi) is 6.60. The van der Waals surface area contributed by atoms with Gasteiger partial charge in [0.15, 0.2) is 17.0 Å². The summed E-state index contributed by atoms with van der Waals surface area (Å²) in [5.41, 5.74) is 1.83. The van der Waals surface area contributed by atoms with Gasteiger partial charge < -0.3 is 18.8 Å². The fourth-order valence-electron chi connectivity index (χ4n) is 5.19. The second-order valence-corrected chi connectivity index (χ2v) is 9.34. The Bertz CT molecular complexity index is 1080. The number of amides is 1. The molecule has 33 heavy (non-hydrogen) atoms. The number of nitrogens with zero attached hydrogens (tertiary/aromatic N) is 6. The molecular formula is C25H34N6O2. The number of rotatable bonds is 7. The first kappa shape index (κ1) is 21.9. The average molecular weight is 451 g/mol. The van der Waals surface area contributed by atoms with Crippen LogP contribution in [0.15, 0.2) is 29.1 Å². The van der Waals surface area contributed by atoms with Gasteiger partial charge in [-0.25, -0.2) is 15.0 Å². The molecule has 0 saturated carbocycles. The lowest BCUT2D eigenvalue weighted by atomic mass is 9.96. The van der Waals surface area contributed by atoms with Crippen LogP contribution in [0, 0.1) is 5.92 Å². The van der Waals surface area contributed by atoms with Gasteiger partial charge in [0.2, 0.25) is 5.91 Å². The number of hydrogen-bond donors (Lipinski definition) is 0. The Morgan fingerprint density at radius 3 is 3.00 bits per heavy atom. The Morgan fingerprint density at radius 1 is 1.21 bits per heavy atom. The molecule has 0 radical (unpaired) electrons. The molecule has 0 unspecified atom stereocenters. The third-order valence-electron chi connectivity index (χ3n) is 6.96. The van der Waals surface area contributed by atoms with Gasteiger partial charge >= 0.3 is 0 Å². The quantitative estimate of drug-likeness (QED) is 0.537. The summed E-state index contributed by atoms with van der Waals surface area (Å²) in [5.74, 6) is 3.01. The van der Waals surface area contributed by atoms with Crippen molar-refractivity contribution >= 4 is 22.9 Å². The summed E-state index contributed by atoms with van der Waals surface area (Å²) in [4.78, 5) is 32.0. The molecule has 176 valence electrons. The molecule has 3 aromatic rings. The highest BCUT2D eigenvalue weighted by atomic mass is 16.3. The summed E-state index contributed by atoms with van der Waals surface area (Å²) in [6.45, 7) is 6.00. The van der Waals surface area contributed by atoms with Crippen molar-refractivity contribution in [1.29, 1.82) is 0 Å². The largest absolute Gasteiger partial charge is 0.467 e. The first-order valence-corrected chi connectivity index (χ1v) is 12.5. The van der Waals surface area contributed by atoms with Crippen LogP contribution in [0.4, 0.5) is 5.82 Å². The Morgan fingerprint density at radius 2 is 2.15 bits per heavy atom. The van der Waals surface area contributed by atoms with E-state index in [2.05, 4.69) is 26.4 Å². The average Bonchev–Trinajstić information content (AvgIpc) is 3.42. The number of furan rings is 1. The molecule has 1 amide bonds. The predicted molar refractivity (Wildman–Crippen MR) is 127 cm³/mol. The second-order valence-electron chi connectivity index (χ2n) is 9.34. The molecule has 0 spiro atoms. The maximum Gasteiger partial charge on any atom is 0.227 e. The van der Waals surface area contributed by atoms with E-state index in [9.17, 15) is 4.79 Å². The minimum absolute atomic E-state index is 0.0453. The molecule has 8 heteroatoms. The highest BCUT2D eigenvalue weighted by Crippen LogP contribution is 2.30. The van der Waals surface area contributed by atoms with Crippen LogP contribution >= 0.6 is 0 Å². The second kappa shape index (κ2) is 9.93. The molecule has 0 aliphatic carbocycles. The molecule has 5 heterocycles. The Labute approximate surface area is 195 Å². The Balaban J connectivity index is 1.37. The van der Waals surface area contributed by atoms with E-state index in [0.29, 0.717) is 13.1 Å². The van der Waals surface area contributed by atoms with Crippen LogP contribution in [0.5, 0.6) is 0 Å². The molecule has 0 aromatic carbocycles. The third kappa shape index (κ3) is 4.61. The number of carbonyl (C=O) groups is 1. The number of anilines is 1. The molecule has 2 aliphatic rings. The monoisotopic (exact) mass is 450 g/mol. The van der Waals surface area contributed by atoms with E-state index >= 15 is 0 Å². The fraction of sp³-hybridized carbons (Fsp3) is 0.600. The van der Waals surface area contributed by atoms with Gasteiger partial charge in [0, 0.05) is 32.6 Å². The number of fused-ring (bicyclic) bond motifs is 3. The van der Waals surface area contributed by atoms with E-state index in [0.717, 1.165) is 80.3 Å². The normalized spacial score (nSPS) is 18.8.